The van der Waals surface area contributed by atoms with Gasteiger partial charge in [-0.25, -0.2) is 0 Å². The third kappa shape index (κ3) is 6.63. The molecule has 0 unspecified atom stereocenters. The number of hydrogen-bond donors (Lipinski definition) is 1. The van der Waals surface area contributed by atoms with Gasteiger partial charge in [0.15, 0.2) is 0 Å². The number of ether oxygens (including phenoxy) is 1. The van der Waals surface area contributed by atoms with Crippen molar-refractivity contribution >= 4 is 23.2 Å². The zero-order valence-electron chi connectivity index (χ0n) is 18.7. The van der Waals surface area contributed by atoms with E-state index in [0.29, 0.717) is 37.4 Å². The zero-order chi connectivity index (χ0) is 24.0. The molecule has 0 atom stereocenters. The summed E-state index contributed by atoms with van der Waals surface area (Å²) >= 11 is 0. The fourth-order valence-electron chi connectivity index (χ4n) is 3.76. The number of nitrogens with zero attached hydrogens (tertiary/aromatic N) is 2. The molecular formula is C24H28F3N3O3. The molecule has 9 heteroatoms. The van der Waals surface area contributed by atoms with E-state index in [1.165, 1.54) is 6.07 Å². The number of hydrogen-bond acceptors (Lipinski definition) is 4. The van der Waals surface area contributed by atoms with Crippen molar-refractivity contribution in [2.24, 2.45) is 5.92 Å². The minimum atomic E-state index is -4.50. The Morgan fingerprint density at radius 3 is 2.36 bits per heavy atom. The van der Waals surface area contributed by atoms with Crippen molar-refractivity contribution in [3.63, 3.8) is 0 Å². The van der Waals surface area contributed by atoms with Gasteiger partial charge in [0.25, 0.3) is 0 Å². The number of piperidine rings is 1. The summed E-state index contributed by atoms with van der Waals surface area (Å²) in [4.78, 5) is 28.6. The number of anilines is 2. The molecule has 2 aromatic rings. The minimum Gasteiger partial charge on any atom is -0.493 e. The number of alkyl halides is 3. The minimum absolute atomic E-state index is 0.0439. The molecule has 1 N–H and O–H groups in total. The molecule has 0 aromatic heterocycles. The number of likely N-dealkylation sites (tertiary alicyclic amines) is 1. The monoisotopic (exact) mass is 463 g/mol. The maximum absolute atomic E-state index is 13.1. The SMILES string of the molecule is CN(C)c1ccc(C(F)(F)F)cc1NC(=O)C1CCN(C(=O)CCOc2ccccc2)CC1. The first kappa shape index (κ1) is 24.4. The Labute approximate surface area is 191 Å². The lowest BCUT2D eigenvalue weighted by Gasteiger charge is -2.31. The Hall–Kier alpha value is -3.23. The van der Waals surface area contributed by atoms with Crippen LogP contribution in [0.25, 0.3) is 0 Å². The molecule has 178 valence electrons. The topological polar surface area (TPSA) is 61.9 Å². The normalized spacial score (nSPS) is 14.6. The number of nitrogens with one attached hydrogen (secondary N) is 1. The largest absolute Gasteiger partial charge is 0.493 e. The standard InChI is InChI=1S/C24H28F3N3O3/c1-29(2)21-9-8-18(24(25,26)27)16-20(21)28-23(32)17-10-13-30(14-11-17)22(31)12-15-33-19-6-4-3-5-7-19/h3-9,16-17H,10-15H2,1-2H3,(H,28,32). The van der Waals surface area contributed by atoms with E-state index in [-0.39, 0.29) is 36.4 Å². The van der Waals surface area contributed by atoms with E-state index in [9.17, 15) is 22.8 Å². The van der Waals surface area contributed by atoms with Crippen LogP contribution in [0.4, 0.5) is 24.5 Å². The van der Waals surface area contributed by atoms with Gasteiger partial charge >= 0.3 is 6.18 Å². The summed E-state index contributed by atoms with van der Waals surface area (Å²) in [6, 6.07) is 12.5. The Kier molecular flexibility index (Phi) is 7.84. The second-order valence-electron chi connectivity index (χ2n) is 8.18. The van der Waals surface area contributed by atoms with Gasteiger partial charge in [0.1, 0.15) is 5.75 Å². The van der Waals surface area contributed by atoms with E-state index in [2.05, 4.69) is 5.32 Å². The van der Waals surface area contributed by atoms with Crippen molar-refractivity contribution in [3.8, 4) is 5.75 Å². The quantitative estimate of drug-likeness (QED) is 0.661. The Morgan fingerprint density at radius 1 is 1.09 bits per heavy atom. The molecular weight excluding hydrogens is 435 g/mol. The van der Waals surface area contributed by atoms with E-state index < -0.39 is 11.7 Å². The Morgan fingerprint density at radius 2 is 1.76 bits per heavy atom. The third-order valence-corrected chi connectivity index (χ3v) is 5.61. The van der Waals surface area contributed by atoms with Gasteiger partial charge in [-0.1, -0.05) is 18.2 Å². The number of halogens is 3. The highest BCUT2D eigenvalue weighted by Crippen LogP contribution is 2.35. The van der Waals surface area contributed by atoms with Crippen LogP contribution in [0.1, 0.15) is 24.8 Å². The molecule has 3 rings (SSSR count). The maximum Gasteiger partial charge on any atom is 0.416 e. The van der Waals surface area contributed by atoms with Crippen LogP contribution in [-0.4, -0.2) is 50.5 Å². The van der Waals surface area contributed by atoms with Crippen molar-refractivity contribution in [1.82, 2.24) is 4.90 Å². The number of carbonyl (C=O) groups is 2. The summed E-state index contributed by atoms with van der Waals surface area (Å²) in [6.45, 7) is 1.11. The van der Waals surface area contributed by atoms with Crippen LogP contribution in [0.2, 0.25) is 0 Å². The predicted molar refractivity (Wildman–Crippen MR) is 120 cm³/mol. The van der Waals surface area contributed by atoms with Gasteiger partial charge in [0.05, 0.1) is 30.0 Å². The van der Waals surface area contributed by atoms with Crippen LogP contribution in [0.3, 0.4) is 0 Å². The van der Waals surface area contributed by atoms with Gasteiger partial charge in [0.2, 0.25) is 11.8 Å². The molecule has 0 aliphatic carbocycles. The van der Waals surface area contributed by atoms with Gasteiger partial charge < -0.3 is 19.9 Å². The average Bonchev–Trinajstić information content (AvgIpc) is 2.79. The fraction of sp³-hybridized carbons (Fsp3) is 0.417. The number of amides is 2. The number of carbonyl (C=O) groups excluding carboxylic acids is 2. The van der Waals surface area contributed by atoms with E-state index in [1.807, 2.05) is 30.3 Å². The Bertz CT molecular complexity index is 956. The predicted octanol–water partition coefficient (Wildman–Crippen LogP) is 4.42. The molecule has 1 fully saturated rings. The average molecular weight is 464 g/mol. The summed E-state index contributed by atoms with van der Waals surface area (Å²) in [6.07, 6.45) is -3.36. The first-order valence-electron chi connectivity index (χ1n) is 10.8. The molecule has 33 heavy (non-hydrogen) atoms. The molecule has 0 radical (unpaired) electrons. The molecule has 6 nitrogen and oxygen atoms in total. The molecule has 0 spiro atoms. The van der Waals surface area contributed by atoms with E-state index in [4.69, 9.17) is 4.74 Å². The van der Waals surface area contributed by atoms with Crippen molar-refractivity contribution in [3.05, 3.63) is 54.1 Å². The fourth-order valence-corrected chi connectivity index (χ4v) is 3.76. The van der Waals surface area contributed by atoms with Gasteiger partial charge in [-0.15, -0.1) is 0 Å². The lowest BCUT2D eigenvalue weighted by Crippen LogP contribution is -2.41. The molecule has 2 amide bonds. The van der Waals surface area contributed by atoms with E-state index in [0.717, 1.165) is 12.1 Å². The molecule has 2 aromatic carbocycles. The smallest absolute Gasteiger partial charge is 0.416 e. The highest BCUT2D eigenvalue weighted by Gasteiger charge is 2.32. The highest BCUT2D eigenvalue weighted by atomic mass is 19.4. The van der Waals surface area contributed by atoms with Crippen LogP contribution in [-0.2, 0) is 15.8 Å². The van der Waals surface area contributed by atoms with Crippen LogP contribution in [0.15, 0.2) is 48.5 Å². The lowest BCUT2D eigenvalue weighted by molar-refractivity contribution is -0.137. The first-order chi connectivity index (χ1) is 15.6. The summed E-state index contributed by atoms with van der Waals surface area (Å²) in [5, 5.41) is 2.67. The molecule has 1 saturated heterocycles. The summed E-state index contributed by atoms with van der Waals surface area (Å²) in [5.74, 6) is -0.0546. The highest BCUT2D eigenvalue weighted by molar-refractivity contribution is 5.96. The van der Waals surface area contributed by atoms with Crippen molar-refractivity contribution < 1.29 is 27.5 Å². The third-order valence-electron chi connectivity index (χ3n) is 5.61. The summed E-state index contributed by atoms with van der Waals surface area (Å²) in [7, 11) is 3.40. The molecule has 1 aliphatic rings. The number of benzene rings is 2. The second-order valence-corrected chi connectivity index (χ2v) is 8.18. The summed E-state index contributed by atoms with van der Waals surface area (Å²) in [5.41, 5.74) is -0.208. The van der Waals surface area contributed by atoms with Gasteiger partial charge in [-0.2, -0.15) is 13.2 Å². The summed E-state index contributed by atoms with van der Waals surface area (Å²) < 4.78 is 44.9. The molecule has 1 aliphatic heterocycles. The zero-order valence-corrected chi connectivity index (χ0v) is 18.7. The molecule has 1 heterocycles. The maximum atomic E-state index is 13.1. The number of rotatable bonds is 7. The van der Waals surface area contributed by atoms with Crippen LogP contribution < -0.4 is 15.0 Å². The van der Waals surface area contributed by atoms with Gasteiger partial charge in [-0.3, -0.25) is 9.59 Å². The van der Waals surface area contributed by atoms with Crippen molar-refractivity contribution in [2.45, 2.75) is 25.4 Å². The van der Waals surface area contributed by atoms with Crippen LogP contribution >= 0.6 is 0 Å². The van der Waals surface area contributed by atoms with Crippen molar-refractivity contribution in [1.29, 1.82) is 0 Å². The Balaban J connectivity index is 1.52. The van der Waals surface area contributed by atoms with Crippen molar-refractivity contribution in [2.75, 3.05) is 44.0 Å². The lowest BCUT2D eigenvalue weighted by atomic mass is 9.95. The van der Waals surface area contributed by atoms with E-state index in [1.54, 1.807) is 23.9 Å². The number of para-hydroxylation sites is 1. The molecule has 0 bridgehead atoms. The van der Waals surface area contributed by atoms with Gasteiger partial charge in [-0.05, 0) is 43.2 Å². The first-order valence-corrected chi connectivity index (χ1v) is 10.8. The second kappa shape index (κ2) is 10.6. The van der Waals surface area contributed by atoms with Gasteiger partial charge in [0, 0.05) is 33.1 Å². The molecule has 0 saturated carbocycles. The van der Waals surface area contributed by atoms with E-state index >= 15 is 0 Å². The van der Waals surface area contributed by atoms with Crippen LogP contribution in [0, 0.1) is 5.92 Å². The van der Waals surface area contributed by atoms with Crippen LogP contribution in [0.5, 0.6) is 5.75 Å².